The van der Waals surface area contributed by atoms with Gasteiger partial charge in [0.15, 0.2) is 0 Å². The number of imide groups is 1. The molecular weight excluding hydrogens is 630 g/mol. The molecule has 2 rings (SSSR count). The molecule has 18 heteroatoms. The summed E-state index contributed by atoms with van der Waals surface area (Å²) < 4.78 is 42.8. The van der Waals surface area contributed by atoms with Crippen LogP contribution in [0.15, 0.2) is 18.2 Å². The third kappa shape index (κ3) is 13.7. The average Bonchev–Trinajstić information content (AvgIpc) is 3.13. The third-order valence-corrected chi connectivity index (χ3v) is 9.28. The van der Waals surface area contributed by atoms with Crippen LogP contribution in [0.2, 0.25) is 0 Å². The summed E-state index contributed by atoms with van der Waals surface area (Å²) in [5.74, 6) is -1.42. The van der Waals surface area contributed by atoms with E-state index in [1.165, 1.54) is 6.07 Å². The third-order valence-electron chi connectivity index (χ3n) is 5.83. The highest BCUT2D eigenvalue weighted by Gasteiger charge is 2.39. The van der Waals surface area contributed by atoms with Crippen molar-refractivity contribution in [3.63, 3.8) is 0 Å². The van der Waals surface area contributed by atoms with E-state index in [4.69, 9.17) is 9.05 Å². The van der Waals surface area contributed by atoms with Gasteiger partial charge in [-0.15, -0.1) is 11.8 Å². The molecule has 2 amide bonds. The molecule has 3 unspecified atom stereocenters. The zero-order chi connectivity index (χ0) is 32.4. The van der Waals surface area contributed by atoms with Crippen LogP contribution < -0.4 is 0 Å². The molecule has 1 aromatic carbocycles. The molecular formula is C25H38N2O13P2S. The molecule has 0 saturated carbocycles. The molecule has 0 bridgehead atoms. The second-order valence-electron chi connectivity index (χ2n) is 10.7. The molecule has 0 aromatic heterocycles. The van der Waals surface area contributed by atoms with Crippen LogP contribution in [0.4, 0.5) is 5.69 Å². The van der Waals surface area contributed by atoms with E-state index in [9.17, 15) is 43.4 Å². The summed E-state index contributed by atoms with van der Waals surface area (Å²) in [6.45, 7) is 5.44. The van der Waals surface area contributed by atoms with E-state index < -0.39 is 62.4 Å². The molecule has 15 nitrogen and oxygen atoms in total. The molecule has 1 aliphatic rings. The van der Waals surface area contributed by atoms with Gasteiger partial charge in [-0.3, -0.25) is 47.5 Å². The van der Waals surface area contributed by atoms with E-state index >= 15 is 0 Å². The van der Waals surface area contributed by atoms with Crippen molar-refractivity contribution >= 4 is 50.7 Å². The molecule has 3 atom stereocenters. The van der Waals surface area contributed by atoms with Crippen LogP contribution >= 0.6 is 27.4 Å². The van der Waals surface area contributed by atoms with Gasteiger partial charge in [-0.1, -0.05) is 18.6 Å². The summed E-state index contributed by atoms with van der Waals surface area (Å²) in [4.78, 5) is 68.5. The van der Waals surface area contributed by atoms with Crippen molar-refractivity contribution in [3.05, 3.63) is 39.4 Å². The Morgan fingerprint density at radius 3 is 2.37 bits per heavy atom. The summed E-state index contributed by atoms with van der Waals surface area (Å²) >= 11 is 0.854. The van der Waals surface area contributed by atoms with Crippen LogP contribution in [0.3, 0.4) is 0 Å². The number of nitro groups is 1. The van der Waals surface area contributed by atoms with Gasteiger partial charge < -0.3 is 9.79 Å². The highest BCUT2D eigenvalue weighted by Crippen LogP contribution is 2.48. The van der Waals surface area contributed by atoms with Crippen LogP contribution in [0.25, 0.3) is 0 Å². The lowest BCUT2D eigenvalue weighted by molar-refractivity contribution is -0.385. The maximum Gasteiger partial charge on any atom is 0.473 e. The van der Waals surface area contributed by atoms with Gasteiger partial charge in [0.1, 0.15) is 11.7 Å². The molecule has 1 aromatic rings. The first-order valence-corrected chi connectivity index (χ1v) is 17.4. The molecule has 0 aliphatic carbocycles. The summed E-state index contributed by atoms with van der Waals surface area (Å²) in [6, 6.07) is 4.73. The number of phosphoric ester groups is 2. The number of hydrogen-bond acceptors (Lipinski definition) is 12. The SMILES string of the molecule is Cc1ccc(CC(=O)CCCCCN2C(=O)CC(SCOP(=O)(O)OCCOP(=O)(O)OC(C)(C)C)C2=O)c([N+](=O)[O-])c1. The van der Waals surface area contributed by atoms with Crippen LogP contribution in [-0.2, 0) is 48.0 Å². The Balaban J connectivity index is 1.66. The average molecular weight is 669 g/mol. The molecule has 43 heavy (non-hydrogen) atoms. The number of carbonyl (C=O) groups excluding carboxylic acids is 3. The van der Waals surface area contributed by atoms with E-state index in [1.807, 2.05) is 0 Å². The number of Topliss-reactive ketones (excluding diaryl/α,β-unsaturated/α-hetero) is 1. The van der Waals surface area contributed by atoms with Crippen LogP contribution in [0.5, 0.6) is 0 Å². The molecule has 242 valence electrons. The standard InChI is InChI=1S/C25H38N2O13P2S/c1-18-9-10-19(21(14-18)27(31)32)15-20(28)8-6-5-7-11-26-23(29)16-22(24(26)30)43-17-39-41(33,34)37-12-13-38-42(35,36)40-25(2,3)4/h9-10,14,22H,5-8,11-13,15-17H2,1-4H3,(H,33,34)(H,35,36). The zero-order valence-electron chi connectivity index (χ0n) is 24.5. The number of aryl methyl sites for hydroxylation is 1. The van der Waals surface area contributed by atoms with Gasteiger partial charge >= 0.3 is 15.6 Å². The highest BCUT2D eigenvalue weighted by atomic mass is 32.2. The van der Waals surface area contributed by atoms with Crippen molar-refractivity contribution in [2.24, 2.45) is 0 Å². The predicted molar refractivity (Wildman–Crippen MR) is 156 cm³/mol. The number of amides is 2. The van der Waals surface area contributed by atoms with Gasteiger partial charge in [0, 0.05) is 37.4 Å². The quantitative estimate of drug-likeness (QED) is 0.0521. The van der Waals surface area contributed by atoms with Crippen molar-refractivity contribution in [1.29, 1.82) is 0 Å². The van der Waals surface area contributed by atoms with E-state index in [2.05, 4.69) is 9.05 Å². The first kappa shape index (κ1) is 37.2. The number of rotatable bonds is 19. The molecule has 1 heterocycles. The molecule has 1 fully saturated rings. The minimum absolute atomic E-state index is 0.0442. The summed E-state index contributed by atoms with van der Waals surface area (Å²) in [7, 11) is -8.96. The number of unbranched alkanes of at least 4 members (excludes halogenated alkanes) is 2. The maximum absolute atomic E-state index is 12.6. The van der Waals surface area contributed by atoms with Crippen molar-refractivity contribution in [1.82, 2.24) is 4.90 Å². The number of thioether (sulfide) groups is 1. The normalized spacial score (nSPS) is 18.5. The smallest absolute Gasteiger partial charge is 0.302 e. The molecule has 0 spiro atoms. The van der Waals surface area contributed by atoms with Crippen molar-refractivity contribution in [2.45, 2.75) is 77.1 Å². The largest absolute Gasteiger partial charge is 0.473 e. The monoisotopic (exact) mass is 668 g/mol. The topological polar surface area (TPSA) is 209 Å². The first-order chi connectivity index (χ1) is 19.9. The number of phosphoric acid groups is 2. The summed E-state index contributed by atoms with van der Waals surface area (Å²) in [5, 5.41) is 10.4. The Kier molecular flexibility index (Phi) is 14.1. The number of ketones is 1. The summed E-state index contributed by atoms with van der Waals surface area (Å²) in [5.41, 5.74) is 0.0506. The first-order valence-electron chi connectivity index (χ1n) is 13.4. The number of nitro benzene ring substituents is 1. The molecule has 0 radical (unpaired) electrons. The number of nitrogens with zero attached hydrogens (tertiary/aromatic N) is 2. The zero-order valence-corrected chi connectivity index (χ0v) is 27.1. The van der Waals surface area contributed by atoms with Gasteiger partial charge in [-0.05, 0) is 46.1 Å². The van der Waals surface area contributed by atoms with E-state index in [1.54, 1.807) is 39.8 Å². The van der Waals surface area contributed by atoms with E-state index in [-0.39, 0.29) is 37.3 Å². The fraction of sp³-hybridized carbons (Fsp3) is 0.640. The number of carbonyl (C=O) groups is 3. The Hall–Kier alpha value is -2.00. The number of likely N-dealkylation sites (tertiary alicyclic amines) is 1. The lowest BCUT2D eigenvalue weighted by atomic mass is 10.0. The number of hydrogen-bond donors (Lipinski definition) is 2. The summed E-state index contributed by atoms with van der Waals surface area (Å²) in [6.07, 6.45) is 1.58. The Bertz CT molecular complexity index is 1270. The van der Waals surface area contributed by atoms with Gasteiger partial charge in [0.2, 0.25) is 11.8 Å². The van der Waals surface area contributed by atoms with E-state index in [0.29, 0.717) is 24.8 Å². The van der Waals surface area contributed by atoms with Crippen LogP contribution in [0.1, 0.15) is 64.0 Å². The minimum Gasteiger partial charge on any atom is -0.302 e. The van der Waals surface area contributed by atoms with E-state index in [0.717, 1.165) is 22.2 Å². The second kappa shape index (κ2) is 16.4. The second-order valence-corrected chi connectivity index (χ2v) is 14.7. The fourth-order valence-electron chi connectivity index (χ4n) is 3.98. The Morgan fingerprint density at radius 1 is 1.09 bits per heavy atom. The van der Waals surface area contributed by atoms with Gasteiger partial charge in [0.05, 0.1) is 29.0 Å². The van der Waals surface area contributed by atoms with Crippen molar-refractivity contribution < 1.29 is 56.3 Å². The predicted octanol–water partition coefficient (Wildman–Crippen LogP) is 4.46. The highest BCUT2D eigenvalue weighted by molar-refractivity contribution is 8.00. The lowest BCUT2D eigenvalue weighted by Gasteiger charge is -2.22. The minimum atomic E-state index is -4.57. The lowest BCUT2D eigenvalue weighted by Crippen LogP contribution is -2.32. The van der Waals surface area contributed by atoms with Crippen molar-refractivity contribution in [3.8, 4) is 0 Å². The van der Waals surface area contributed by atoms with Crippen LogP contribution in [0, 0.1) is 17.0 Å². The Labute approximate surface area is 254 Å². The van der Waals surface area contributed by atoms with Gasteiger partial charge in [0.25, 0.3) is 5.69 Å². The maximum atomic E-state index is 12.6. The van der Waals surface area contributed by atoms with Crippen molar-refractivity contribution in [2.75, 3.05) is 25.7 Å². The molecule has 2 N–H and O–H groups in total. The Morgan fingerprint density at radius 2 is 1.74 bits per heavy atom. The molecule has 1 saturated heterocycles. The number of benzene rings is 1. The molecule has 1 aliphatic heterocycles. The van der Waals surface area contributed by atoms with Crippen LogP contribution in [-0.4, -0.2) is 73.8 Å². The van der Waals surface area contributed by atoms with Gasteiger partial charge in [-0.2, -0.15) is 0 Å². The van der Waals surface area contributed by atoms with Gasteiger partial charge in [-0.25, -0.2) is 9.13 Å². The fourth-order valence-corrected chi connectivity index (χ4v) is 6.88.